The number of amides is 2. The monoisotopic (exact) mass is 431 g/mol. The van der Waals surface area contributed by atoms with Crippen LogP contribution in [0.4, 0.5) is 18.9 Å². The van der Waals surface area contributed by atoms with Crippen LogP contribution < -0.4 is 15.9 Å². The topological polar surface area (TPSA) is 89.2 Å². The molecule has 12 heteroatoms. The minimum absolute atomic E-state index is 0.0101. The molecule has 0 spiro atoms. The summed E-state index contributed by atoms with van der Waals surface area (Å²) in [6.07, 6.45) is -4.74. The van der Waals surface area contributed by atoms with E-state index >= 15 is 0 Å². The average molecular weight is 432 g/mol. The fourth-order valence-electron chi connectivity index (χ4n) is 3.06. The Morgan fingerprint density at radius 3 is 2.52 bits per heavy atom. The van der Waals surface area contributed by atoms with Crippen LogP contribution >= 0.6 is 11.6 Å². The van der Waals surface area contributed by atoms with Crippen LogP contribution in [-0.2, 0) is 29.4 Å². The van der Waals surface area contributed by atoms with E-state index in [0.29, 0.717) is 20.0 Å². The molecule has 8 nitrogen and oxygen atoms in total. The maximum absolute atomic E-state index is 12.8. The maximum Gasteiger partial charge on any atom is 0.451 e. The van der Waals surface area contributed by atoms with Crippen LogP contribution in [-0.4, -0.2) is 39.3 Å². The van der Waals surface area contributed by atoms with Crippen molar-refractivity contribution in [3.05, 3.63) is 45.6 Å². The zero-order chi connectivity index (χ0) is 21.3. The molecule has 3 rings (SSSR count). The average Bonchev–Trinajstić information content (AvgIpc) is 3.17. The number of nitrogens with one attached hydrogen (secondary N) is 1. The van der Waals surface area contributed by atoms with E-state index in [-0.39, 0.29) is 32.0 Å². The van der Waals surface area contributed by atoms with Crippen LogP contribution in [0.25, 0.3) is 0 Å². The van der Waals surface area contributed by atoms with Crippen molar-refractivity contribution in [2.45, 2.75) is 19.1 Å². The molecule has 1 aliphatic rings. The van der Waals surface area contributed by atoms with Crippen molar-refractivity contribution in [2.24, 2.45) is 13.0 Å². The van der Waals surface area contributed by atoms with Crippen molar-refractivity contribution < 1.29 is 22.8 Å². The van der Waals surface area contributed by atoms with Gasteiger partial charge in [0.25, 0.3) is 0 Å². The molecule has 1 aromatic heterocycles. The third-order valence-electron chi connectivity index (χ3n) is 4.55. The molecule has 0 saturated carbocycles. The van der Waals surface area contributed by atoms with Crippen molar-refractivity contribution in [1.82, 2.24) is 19.7 Å². The van der Waals surface area contributed by atoms with Gasteiger partial charge in [-0.25, -0.2) is 9.48 Å². The maximum atomic E-state index is 12.8. The first kappa shape index (κ1) is 20.9. The Morgan fingerprint density at radius 2 is 1.93 bits per heavy atom. The van der Waals surface area contributed by atoms with Gasteiger partial charge in [0, 0.05) is 37.3 Å². The smallest absolute Gasteiger partial charge is 0.354 e. The molecule has 0 radical (unpaired) electrons. The number of alkyl halides is 3. The summed E-state index contributed by atoms with van der Waals surface area (Å²) < 4.78 is 39.4. The number of carbonyl (C=O) groups is 2. The fraction of sp³-hybridized carbons (Fsp3) is 0.412. The van der Waals surface area contributed by atoms with E-state index < -0.39 is 29.5 Å². The highest BCUT2D eigenvalue weighted by Gasteiger charge is 2.38. The fourth-order valence-corrected chi connectivity index (χ4v) is 3.19. The van der Waals surface area contributed by atoms with Crippen LogP contribution in [0.5, 0.6) is 0 Å². The molecule has 1 atom stereocenters. The Labute approximate surface area is 167 Å². The number of hydrogen-bond donors (Lipinski definition) is 1. The Balaban J connectivity index is 1.57. The van der Waals surface area contributed by atoms with Gasteiger partial charge in [-0.05, 0) is 24.3 Å². The predicted molar refractivity (Wildman–Crippen MR) is 97.4 cm³/mol. The second kappa shape index (κ2) is 7.90. The lowest BCUT2D eigenvalue weighted by molar-refractivity contribution is -0.147. The molecule has 1 N–H and O–H groups in total. The lowest BCUT2D eigenvalue weighted by Gasteiger charge is -2.16. The number of hydrogen-bond acceptors (Lipinski definition) is 4. The van der Waals surface area contributed by atoms with Gasteiger partial charge in [0.1, 0.15) is 0 Å². The highest BCUT2D eigenvalue weighted by Crippen LogP contribution is 2.27. The second-order valence-electron chi connectivity index (χ2n) is 6.56. The van der Waals surface area contributed by atoms with Gasteiger partial charge in [-0.2, -0.15) is 13.2 Å². The van der Waals surface area contributed by atoms with Gasteiger partial charge >= 0.3 is 11.9 Å². The lowest BCUT2D eigenvalue weighted by atomic mass is 10.1. The van der Waals surface area contributed by atoms with Gasteiger partial charge < -0.3 is 10.2 Å². The summed E-state index contributed by atoms with van der Waals surface area (Å²) in [6, 6.07) is 6.62. The second-order valence-corrected chi connectivity index (χ2v) is 7.00. The SMILES string of the molecule is Cn1c(C(F)(F)F)nn(CCNC(=O)C2CC(=O)N(c3ccc(Cl)cc3)C2)c1=O. The van der Waals surface area contributed by atoms with Crippen molar-refractivity contribution in [2.75, 3.05) is 18.0 Å². The van der Waals surface area contributed by atoms with E-state index in [0.717, 1.165) is 7.05 Å². The number of rotatable bonds is 5. The molecular formula is C17H17ClF3N5O3. The normalized spacial score (nSPS) is 17.1. The van der Waals surface area contributed by atoms with Gasteiger partial charge in [0.05, 0.1) is 12.5 Å². The molecule has 29 heavy (non-hydrogen) atoms. The van der Waals surface area contributed by atoms with E-state index in [1.54, 1.807) is 24.3 Å². The van der Waals surface area contributed by atoms with Gasteiger partial charge in [-0.1, -0.05) is 11.6 Å². The largest absolute Gasteiger partial charge is 0.451 e. The Bertz CT molecular complexity index is 984. The molecule has 0 bridgehead atoms. The Morgan fingerprint density at radius 1 is 1.28 bits per heavy atom. The molecule has 1 unspecified atom stereocenters. The third-order valence-corrected chi connectivity index (χ3v) is 4.80. The highest BCUT2D eigenvalue weighted by atomic mass is 35.5. The minimum Gasteiger partial charge on any atom is -0.354 e. The molecule has 2 amide bonds. The molecule has 0 aliphatic carbocycles. The molecule has 156 valence electrons. The summed E-state index contributed by atoms with van der Waals surface area (Å²) in [7, 11) is 0.975. The first-order chi connectivity index (χ1) is 13.6. The molecule has 1 aliphatic heterocycles. The number of anilines is 1. The van der Waals surface area contributed by atoms with E-state index in [4.69, 9.17) is 11.6 Å². The van der Waals surface area contributed by atoms with Gasteiger partial charge in [0.2, 0.25) is 17.6 Å². The van der Waals surface area contributed by atoms with Crippen LogP contribution in [0.2, 0.25) is 5.02 Å². The molecule has 2 heterocycles. The van der Waals surface area contributed by atoms with Crippen LogP contribution in [0.15, 0.2) is 29.1 Å². The van der Waals surface area contributed by atoms with Crippen molar-refractivity contribution in [1.29, 1.82) is 0 Å². The number of benzene rings is 1. The number of halogens is 4. The van der Waals surface area contributed by atoms with Crippen LogP contribution in [0.1, 0.15) is 12.2 Å². The zero-order valence-electron chi connectivity index (χ0n) is 15.2. The van der Waals surface area contributed by atoms with Gasteiger partial charge in [0.15, 0.2) is 0 Å². The van der Waals surface area contributed by atoms with E-state index in [2.05, 4.69) is 10.4 Å². The lowest BCUT2D eigenvalue weighted by Crippen LogP contribution is -2.36. The van der Waals surface area contributed by atoms with Crippen molar-refractivity contribution >= 4 is 29.1 Å². The summed E-state index contributed by atoms with van der Waals surface area (Å²) in [5, 5.41) is 6.33. The quantitative estimate of drug-likeness (QED) is 0.775. The van der Waals surface area contributed by atoms with Crippen LogP contribution in [0.3, 0.4) is 0 Å². The van der Waals surface area contributed by atoms with E-state index in [1.807, 2.05) is 0 Å². The first-order valence-corrected chi connectivity index (χ1v) is 9.00. The van der Waals surface area contributed by atoms with Gasteiger partial charge in [-0.15, -0.1) is 5.10 Å². The van der Waals surface area contributed by atoms with Gasteiger partial charge in [-0.3, -0.25) is 14.2 Å². The Hall–Kier alpha value is -2.82. The predicted octanol–water partition coefficient (Wildman–Crippen LogP) is 1.42. The molecule has 1 fully saturated rings. The molecule has 2 aromatic rings. The summed E-state index contributed by atoms with van der Waals surface area (Å²) in [6.45, 7) is -0.150. The third kappa shape index (κ3) is 4.44. The van der Waals surface area contributed by atoms with Crippen molar-refractivity contribution in [3.63, 3.8) is 0 Å². The van der Waals surface area contributed by atoms with Crippen LogP contribution in [0, 0.1) is 5.92 Å². The van der Waals surface area contributed by atoms with E-state index in [1.165, 1.54) is 4.90 Å². The summed E-state index contributed by atoms with van der Waals surface area (Å²) in [5.41, 5.74) is -0.314. The molecule has 1 saturated heterocycles. The standard InChI is InChI=1S/C17H17ClF3N5O3/c1-24-15(17(19,20)21)23-26(16(24)29)7-6-22-14(28)10-8-13(27)25(9-10)12-4-2-11(18)3-5-12/h2-5,10H,6-9H2,1H3,(H,22,28). The molecular weight excluding hydrogens is 415 g/mol. The number of aromatic nitrogens is 3. The molecule has 1 aromatic carbocycles. The van der Waals surface area contributed by atoms with E-state index in [9.17, 15) is 27.6 Å². The number of nitrogens with zero attached hydrogens (tertiary/aromatic N) is 4. The van der Waals surface area contributed by atoms with Crippen molar-refractivity contribution in [3.8, 4) is 0 Å². The summed E-state index contributed by atoms with van der Waals surface area (Å²) >= 11 is 5.83. The minimum atomic E-state index is -4.75. The zero-order valence-corrected chi connectivity index (χ0v) is 16.0. The summed E-state index contributed by atoms with van der Waals surface area (Å²) in [5.74, 6) is -2.56. The Kier molecular flexibility index (Phi) is 5.69. The number of carbonyl (C=O) groups excluding carboxylic acids is 2. The first-order valence-electron chi connectivity index (χ1n) is 8.62. The summed E-state index contributed by atoms with van der Waals surface area (Å²) in [4.78, 5) is 37.8. The highest BCUT2D eigenvalue weighted by molar-refractivity contribution is 6.30.